The van der Waals surface area contributed by atoms with E-state index in [-0.39, 0.29) is 23.7 Å². The van der Waals surface area contributed by atoms with Gasteiger partial charge in [-0.3, -0.25) is 9.59 Å². The van der Waals surface area contributed by atoms with Crippen LogP contribution in [0.4, 0.5) is 0 Å². The molecule has 86 valence electrons. The van der Waals surface area contributed by atoms with E-state index in [0.29, 0.717) is 6.42 Å². The van der Waals surface area contributed by atoms with Crippen LogP contribution in [0.15, 0.2) is 17.3 Å². The Morgan fingerprint density at radius 2 is 2.19 bits per heavy atom. The lowest BCUT2D eigenvalue weighted by Gasteiger charge is -2.12. The summed E-state index contributed by atoms with van der Waals surface area (Å²) in [6.45, 7) is 7.47. The molecule has 0 N–H and O–H groups in total. The second-order valence-corrected chi connectivity index (χ2v) is 4.72. The molecule has 1 aliphatic heterocycles. The van der Waals surface area contributed by atoms with Gasteiger partial charge in [-0.25, -0.2) is 0 Å². The zero-order chi connectivity index (χ0) is 11.9. The SMILES string of the molecule is C=C(C)C[C@@H]1C(=O)N(C(=O)C2CC2)N=C1C. The number of carbonyl (C=O) groups is 2. The van der Waals surface area contributed by atoms with Gasteiger partial charge in [0, 0.05) is 11.6 Å². The van der Waals surface area contributed by atoms with Gasteiger partial charge in [-0.2, -0.15) is 10.1 Å². The largest absolute Gasteiger partial charge is 0.272 e. The van der Waals surface area contributed by atoms with E-state index in [1.54, 1.807) is 6.92 Å². The van der Waals surface area contributed by atoms with E-state index in [9.17, 15) is 9.59 Å². The molecular weight excluding hydrogens is 204 g/mol. The zero-order valence-corrected chi connectivity index (χ0v) is 9.69. The molecule has 1 heterocycles. The number of amides is 2. The number of allylic oxidation sites excluding steroid dienone is 1. The number of hydrazone groups is 1. The number of carbonyl (C=O) groups excluding carboxylic acids is 2. The van der Waals surface area contributed by atoms with E-state index in [1.807, 2.05) is 6.92 Å². The third-order valence-electron chi connectivity index (χ3n) is 2.96. The highest BCUT2D eigenvalue weighted by molar-refractivity contribution is 6.13. The Hall–Kier alpha value is -1.45. The van der Waals surface area contributed by atoms with Crippen LogP contribution in [0.5, 0.6) is 0 Å². The van der Waals surface area contributed by atoms with Crippen molar-refractivity contribution in [3.05, 3.63) is 12.2 Å². The highest BCUT2D eigenvalue weighted by atomic mass is 16.2. The maximum Gasteiger partial charge on any atom is 0.259 e. The molecule has 0 aromatic heterocycles. The van der Waals surface area contributed by atoms with E-state index in [0.717, 1.165) is 29.1 Å². The van der Waals surface area contributed by atoms with Gasteiger partial charge in [0.25, 0.3) is 11.8 Å². The van der Waals surface area contributed by atoms with Crippen LogP contribution in [-0.4, -0.2) is 22.5 Å². The van der Waals surface area contributed by atoms with Gasteiger partial charge in [-0.05, 0) is 33.1 Å². The number of imide groups is 1. The van der Waals surface area contributed by atoms with Crippen LogP contribution < -0.4 is 0 Å². The monoisotopic (exact) mass is 220 g/mol. The summed E-state index contributed by atoms with van der Waals surface area (Å²) in [6, 6.07) is 0. The first-order valence-electron chi connectivity index (χ1n) is 5.58. The summed E-state index contributed by atoms with van der Waals surface area (Å²) in [5, 5.41) is 5.14. The van der Waals surface area contributed by atoms with Gasteiger partial charge in [0.05, 0.1) is 5.92 Å². The van der Waals surface area contributed by atoms with Crippen LogP contribution in [0.3, 0.4) is 0 Å². The van der Waals surface area contributed by atoms with Crippen LogP contribution in [0.25, 0.3) is 0 Å². The minimum absolute atomic E-state index is 0.0316. The predicted octanol–water partition coefficient (Wildman–Crippen LogP) is 1.72. The zero-order valence-electron chi connectivity index (χ0n) is 9.69. The molecule has 0 saturated heterocycles. The van der Waals surface area contributed by atoms with Crippen molar-refractivity contribution in [2.75, 3.05) is 0 Å². The molecular formula is C12H16N2O2. The first-order valence-corrected chi connectivity index (χ1v) is 5.58. The lowest BCUT2D eigenvalue weighted by atomic mass is 9.97. The van der Waals surface area contributed by atoms with Gasteiger partial charge in [0.15, 0.2) is 0 Å². The van der Waals surface area contributed by atoms with Gasteiger partial charge in [-0.1, -0.05) is 5.57 Å². The van der Waals surface area contributed by atoms with E-state index < -0.39 is 0 Å². The van der Waals surface area contributed by atoms with Crippen LogP contribution in [0.2, 0.25) is 0 Å². The minimum atomic E-state index is -0.278. The number of rotatable bonds is 3. The van der Waals surface area contributed by atoms with Crippen molar-refractivity contribution in [2.45, 2.75) is 33.1 Å². The van der Waals surface area contributed by atoms with Crippen LogP contribution in [0, 0.1) is 11.8 Å². The summed E-state index contributed by atoms with van der Waals surface area (Å²) in [5.41, 5.74) is 1.66. The Morgan fingerprint density at radius 1 is 1.56 bits per heavy atom. The Morgan fingerprint density at radius 3 is 2.69 bits per heavy atom. The fraction of sp³-hybridized carbons (Fsp3) is 0.583. The first-order chi connectivity index (χ1) is 7.50. The summed E-state index contributed by atoms with van der Waals surface area (Å²) in [7, 11) is 0. The second-order valence-electron chi connectivity index (χ2n) is 4.72. The summed E-state index contributed by atoms with van der Waals surface area (Å²) >= 11 is 0. The molecule has 0 spiro atoms. The minimum Gasteiger partial charge on any atom is -0.272 e. The molecule has 1 fully saturated rings. The van der Waals surface area contributed by atoms with E-state index in [2.05, 4.69) is 11.7 Å². The molecule has 16 heavy (non-hydrogen) atoms. The van der Waals surface area contributed by atoms with Crippen molar-refractivity contribution in [3.8, 4) is 0 Å². The van der Waals surface area contributed by atoms with Gasteiger partial charge < -0.3 is 0 Å². The quantitative estimate of drug-likeness (QED) is 0.537. The normalized spacial score (nSPS) is 24.6. The van der Waals surface area contributed by atoms with Crippen LogP contribution in [-0.2, 0) is 9.59 Å². The van der Waals surface area contributed by atoms with E-state index in [1.165, 1.54) is 0 Å². The fourth-order valence-electron chi connectivity index (χ4n) is 1.85. The fourth-order valence-corrected chi connectivity index (χ4v) is 1.85. The molecule has 2 amide bonds. The molecule has 4 nitrogen and oxygen atoms in total. The van der Waals surface area contributed by atoms with Crippen molar-refractivity contribution in [3.63, 3.8) is 0 Å². The predicted molar refractivity (Wildman–Crippen MR) is 60.6 cm³/mol. The van der Waals surface area contributed by atoms with Crippen LogP contribution in [0.1, 0.15) is 33.1 Å². The summed E-state index contributed by atoms with van der Waals surface area (Å²) < 4.78 is 0. The van der Waals surface area contributed by atoms with Crippen molar-refractivity contribution in [2.24, 2.45) is 16.9 Å². The number of nitrogens with zero attached hydrogens (tertiary/aromatic N) is 2. The van der Waals surface area contributed by atoms with Gasteiger partial charge in [0.2, 0.25) is 0 Å². The van der Waals surface area contributed by atoms with Gasteiger partial charge in [-0.15, -0.1) is 6.58 Å². The van der Waals surface area contributed by atoms with Gasteiger partial charge in [0.1, 0.15) is 0 Å². The molecule has 1 atom stereocenters. The van der Waals surface area contributed by atoms with E-state index in [4.69, 9.17) is 0 Å². The Labute approximate surface area is 95.0 Å². The summed E-state index contributed by atoms with van der Waals surface area (Å²) in [4.78, 5) is 23.7. The molecule has 0 aromatic rings. The Bertz CT molecular complexity index is 394. The Kier molecular flexibility index (Phi) is 2.66. The maximum absolute atomic E-state index is 12.0. The first kappa shape index (κ1) is 11.0. The standard InChI is InChI=1S/C12H16N2O2/c1-7(2)6-10-8(3)13-14(12(10)16)11(15)9-4-5-9/h9-10H,1,4-6H2,2-3H3/t10-/m0/s1. The molecule has 1 aliphatic carbocycles. The molecule has 1 saturated carbocycles. The van der Waals surface area contributed by atoms with Crippen LogP contribution >= 0.6 is 0 Å². The molecule has 0 bridgehead atoms. The number of hydrogen-bond donors (Lipinski definition) is 0. The molecule has 0 unspecified atom stereocenters. The average molecular weight is 220 g/mol. The lowest BCUT2D eigenvalue weighted by Crippen LogP contribution is -2.33. The average Bonchev–Trinajstić information content (AvgIpc) is 3.00. The molecule has 0 radical (unpaired) electrons. The summed E-state index contributed by atoms with van der Waals surface area (Å²) in [5.74, 6) is -0.560. The van der Waals surface area contributed by atoms with Gasteiger partial charge >= 0.3 is 0 Å². The molecule has 0 aromatic carbocycles. The van der Waals surface area contributed by atoms with E-state index >= 15 is 0 Å². The third kappa shape index (κ3) is 1.92. The van der Waals surface area contributed by atoms with Crippen molar-refractivity contribution in [1.29, 1.82) is 0 Å². The number of hydrogen-bond acceptors (Lipinski definition) is 3. The third-order valence-corrected chi connectivity index (χ3v) is 2.96. The van der Waals surface area contributed by atoms with Crippen molar-refractivity contribution in [1.82, 2.24) is 5.01 Å². The highest BCUT2D eigenvalue weighted by Crippen LogP contribution is 2.33. The topological polar surface area (TPSA) is 49.7 Å². The smallest absolute Gasteiger partial charge is 0.259 e. The molecule has 4 heteroatoms. The Balaban J connectivity index is 2.11. The molecule has 2 aliphatic rings. The lowest BCUT2D eigenvalue weighted by molar-refractivity contribution is -0.145. The van der Waals surface area contributed by atoms with Crippen molar-refractivity contribution >= 4 is 17.5 Å². The highest BCUT2D eigenvalue weighted by Gasteiger charge is 2.42. The second kappa shape index (κ2) is 3.85. The van der Waals surface area contributed by atoms with Crippen molar-refractivity contribution < 1.29 is 9.59 Å². The maximum atomic E-state index is 12.0. The summed E-state index contributed by atoms with van der Waals surface area (Å²) in [6.07, 6.45) is 2.37. The molecule has 2 rings (SSSR count).